The maximum Gasteiger partial charge on any atom is 0.120 e. The number of nitrogens with one attached hydrogen (secondary N) is 1. The fraction of sp³-hybridized carbons (Fsp3) is 0.600. The lowest BCUT2D eigenvalue weighted by molar-refractivity contribution is 0.413. The summed E-state index contributed by atoms with van der Waals surface area (Å²) in [5.74, 6) is 2.35. The van der Waals surface area contributed by atoms with Crippen LogP contribution < -0.4 is 10.1 Å². The van der Waals surface area contributed by atoms with Crippen LogP contribution in [-0.4, -0.2) is 13.7 Å². The molecule has 2 nitrogen and oxygen atoms in total. The molecule has 0 aromatic heterocycles. The number of halogens is 1. The summed E-state index contributed by atoms with van der Waals surface area (Å²) in [6, 6.07) is 6.39. The largest absolute Gasteiger partial charge is 0.497 e. The Bertz CT molecular complexity index is 407. The van der Waals surface area contributed by atoms with E-state index in [0.717, 1.165) is 35.6 Å². The van der Waals surface area contributed by atoms with Gasteiger partial charge in [0, 0.05) is 11.1 Å². The molecule has 0 saturated heterocycles. The van der Waals surface area contributed by atoms with Crippen LogP contribution in [0.4, 0.5) is 0 Å². The highest BCUT2D eigenvalue weighted by atomic mass is 35.5. The van der Waals surface area contributed by atoms with Gasteiger partial charge >= 0.3 is 0 Å². The number of rotatable bonds is 6. The average molecular weight is 268 g/mol. The zero-order valence-corrected chi connectivity index (χ0v) is 12.1. The smallest absolute Gasteiger partial charge is 0.120 e. The second-order valence-corrected chi connectivity index (χ2v) is 5.60. The molecule has 1 saturated carbocycles. The molecule has 0 amide bonds. The molecule has 1 aliphatic rings. The van der Waals surface area contributed by atoms with Crippen molar-refractivity contribution in [3.63, 3.8) is 0 Å². The van der Waals surface area contributed by atoms with Crippen molar-refractivity contribution in [3.8, 4) is 5.75 Å². The summed E-state index contributed by atoms with van der Waals surface area (Å²) in [6.45, 7) is 5.54. The van der Waals surface area contributed by atoms with Gasteiger partial charge in [0.25, 0.3) is 0 Å². The molecule has 3 unspecified atom stereocenters. The number of hydrogen-bond donors (Lipinski definition) is 1. The summed E-state index contributed by atoms with van der Waals surface area (Å²) in [5.41, 5.74) is 1.21. The Labute approximate surface area is 115 Å². The zero-order valence-electron chi connectivity index (χ0n) is 11.4. The minimum Gasteiger partial charge on any atom is -0.497 e. The maximum atomic E-state index is 6.38. The van der Waals surface area contributed by atoms with E-state index in [0.29, 0.717) is 6.04 Å². The molecule has 1 aliphatic carbocycles. The van der Waals surface area contributed by atoms with E-state index in [1.54, 1.807) is 7.11 Å². The Hall–Kier alpha value is -0.730. The van der Waals surface area contributed by atoms with Crippen molar-refractivity contribution in [1.29, 1.82) is 0 Å². The first-order valence-electron chi connectivity index (χ1n) is 6.74. The van der Waals surface area contributed by atoms with Crippen LogP contribution in [0.2, 0.25) is 5.02 Å². The number of methoxy groups -OCH3 is 1. The standard InChI is InChI=1S/C15H22ClNO/c1-4-7-17-15(13-8-10(13)2)12-6-5-11(18-3)9-14(12)16/h5-6,9-10,13,15,17H,4,7-8H2,1-3H3. The zero-order chi connectivity index (χ0) is 13.1. The van der Waals surface area contributed by atoms with Gasteiger partial charge in [0.2, 0.25) is 0 Å². The monoisotopic (exact) mass is 267 g/mol. The van der Waals surface area contributed by atoms with Gasteiger partial charge in [-0.2, -0.15) is 0 Å². The molecular formula is C15H22ClNO. The minimum absolute atomic E-state index is 0.387. The number of hydrogen-bond acceptors (Lipinski definition) is 2. The van der Waals surface area contributed by atoms with E-state index in [9.17, 15) is 0 Å². The average Bonchev–Trinajstić information content (AvgIpc) is 3.08. The van der Waals surface area contributed by atoms with Crippen LogP contribution >= 0.6 is 11.6 Å². The summed E-state index contributed by atoms with van der Waals surface area (Å²) in [4.78, 5) is 0. The van der Waals surface area contributed by atoms with Gasteiger partial charge in [-0.1, -0.05) is 31.5 Å². The van der Waals surface area contributed by atoms with E-state index in [-0.39, 0.29) is 0 Å². The van der Waals surface area contributed by atoms with Crippen molar-refractivity contribution in [1.82, 2.24) is 5.32 Å². The second kappa shape index (κ2) is 5.94. The fourth-order valence-electron chi connectivity index (χ4n) is 2.49. The van der Waals surface area contributed by atoms with Gasteiger partial charge in [0.1, 0.15) is 5.75 Å². The normalized spacial score (nSPS) is 23.8. The third-order valence-electron chi connectivity index (χ3n) is 3.76. The number of ether oxygens (including phenoxy) is 1. The predicted molar refractivity (Wildman–Crippen MR) is 76.3 cm³/mol. The van der Waals surface area contributed by atoms with E-state index in [1.807, 2.05) is 12.1 Å². The van der Waals surface area contributed by atoms with E-state index in [4.69, 9.17) is 16.3 Å². The molecule has 1 aromatic carbocycles. The summed E-state index contributed by atoms with van der Waals surface area (Å²) >= 11 is 6.38. The first-order valence-corrected chi connectivity index (χ1v) is 7.12. The number of benzene rings is 1. The van der Waals surface area contributed by atoms with Crippen molar-refractivity contribution < 1.29 is 4.74 Å². The Balaban J connectivity index is 2.19. The van der Waals surface area contributed by atoms with Crippen LogP contribution in [0.3, 0.4) is 0 Å². The molecule has 3 atom stereocenters. The molecule has 0 bridgehead atoms. The summed E-state index contributed by atoms with van der Waals surface area (Å²) in [5, 5.41) is 4.44. The van der Waals surface area contributed by atoms with Gasteiger partial charge in [-0.3, -0.25) is 0 Å². The third-order valence-corrected chi connectivity index (χ3v) is 4.08. The van der Waals surface area contributed by atoms with E-state index >= 15 is 0 Å². The van der Waals surface area contributed by atoms with Gasteiger partial charge in [0.05, 0.1) is 7.11 Å². The van der Waals surface area contributed by atoms with Gasteiger partial charge < -0.3 is 10.1 Å². The molecule has 2 rings (SSSR count). The van der Waals surface area contributed by atoms with Crippen LogP contribution in [-0.2, 0) is 0 Å². The molecule has 1 N–H and O–H groups in total. The Morgan fingerprint density at radius 3 is 2.72 bits per heavy atom. The lowest BCUT2D eigenvalue weighted by Crippen LogP contribution is -2.24. The van der Waals surface area contributed by atoms with Gasteiger partial charge in [-0.05, 0) is 48.9 Å². The van der Waals surface area contributed by atoms with Crippen LogP contribution in [0, 0.1) is 11.8 Å². The molecule has 1 aromatic rings. The van der Waals surface area contributed by atoms with E-state index < -0.39 is 0 Å². The fourth-order valence-corrected chi connectivity index (χ4v) is 2.78. The highest BCUT2D eigenvalue weighted by molar-refractivity contribution is 6.31. The molecule has 3 heteroatoms. The Morgan fingerprint density at radius 2 is 2.22 bits per heavy atom. The second-order valence-electron chi connectivity index (χ2n) is 5.20. The summed E-state index contributed by atoms with van der Waals surface area (Å²) in [7, 11) is 1.67. The summed E-state index contributed by atoms with van der Waals surface area (Å²) in [6.07, 6.45) is 2.44. The van der Waals surface area contributed by atoms with Crippen LogP contribution in [0.25, 0.3) is 0 Å². The highest BCUT2D eigenvalue weighted by Gasteiger charge is 2.40. The molecule has 1 fully saturated rings. The van der Waals surface area contributed by atoms with Gasteiger partial charge in [-0.15, -0.1) is 0 Å². The van der Waals surface area contributed by atoms with Crippen molar-refractivity contribution in [3.05, 3.63) is 28.8 Å². The topological polar surface area (TPSA) is 21.3 Å². The van der Waals surface area contributed by atoms with Gasteiger partial charge in [0.15, 0.2) is 0 Å². The maximum absolute atomic E-state index is 6.38. The van der Waals surface area contributed by atoms with Crippen molar-refractivity contribution in [2.75, 3.05) is 13.7 Å². The Morgan fingerprint density at radius 1 is 1.50 bits per heavy atom. The van der Waals surface area contributed by atoms with Crippen molar-refractivity contribution in [2.24, 2.45) is 11.8 Å². The lowest BCUT2D eigenvalue weighted by atomic mass is 10.0. The van der Waals surface area contributed by atoms with Crippen LogP contribution in [0.5, 0.6) is 5.75 Å². The SMILES string of the molecule is CCCNC(c1ccc(OC)cc1Cl)C1CC1C. The van der Waals surface area contributed by atoms with E-state index in [1.165, 1.54) is 12.0 Å². The predicted octanol–water partition coefficient (Wildman–Crippen LogP) is 4.05. The third kappa shape index (κ3) is 2.99. The minimum atomic E-state index is 0.387. The van der Waals surface area contributed by atoms with Crippen molar-refractivity contribution >= 4 is 11.6 Å². The molecule has 100 valence electrons. The molecule has 0 aliphatic heterocycles. The van der Waals surface area contributed by atoms with E-state index in [2.05, 4.69) is 25.2 Å². The quantitative estimate of drug-likeness (QED) is 0.840. The molecule has 0 heterocycles. The molecule has 18 heavy (non-hydrogen) atoms. The molecular weight excluding hydrogens is 246 g/mol. The molecule has 0 radical (unpaired) electrons. The highest BCUT2D eigenvalue weighted by Crippen LogP contribution is 2.48. The lowest BCUT2D eigenvalue weighted by Gasteiger charge is -2.20. The first-order chi connectivity index (χ1) is 8.67. The van der Waals surface area contributed by atoms with Gasteiger partial charge in [-0.25, -0.2) is 0 Å². The van der Waals surface area contributed by atoms with Crippen LogP contribution in [0.15, 0.2) is 18.2 Å². The Kier molecular flexibility index (Phi) is 4.52. The van der Waals surface area contributed by atoms with Crippen molar-refractivity contribution in [2.45, 2.75) is 32.7 Å². The first kappa shape index (κ1) is 13.7. The molecule has 0 spiro atoms. The van der Waals surface area contributed by atoms with Crippen LogP contribution in [0.1, 0.15) is 38.3 Å². The summed E-state index contributed by atoms with van der Waals surface area (Å²) < 4.78 is 5.20.